The standard InChI is InChI=1S/C10H10ClN3O2S/c11-7-4-3-6-9(13-7)14-10(12-6)17-5-1-2-8(15)16/h3-4H,1-2,5H2,(H,15,16)(H,12,13,14). The fourth-order valence-corrected chi connectivity index (χ4v) is 2.27. The van der Waals surface area contributed by atoms with Gasteiger partial charge in [0, 0.05) is 12.2 Å². The lowest BCUT2D eigenvalue weighted by molar-refractivity contribution is -0.137. The zero-order chi connectivity index (χ0) is 12.3. The number of hydrogen-bond acceptors (Lipinski definition) is 4. The smallest absolute Gasteiger partial charge is 0.303 e. The Labute approximate surface area is 107 Å². The number of imidazole rings is 1. The molecule has 5 nitrogen and oxygen atoms in total. The van der Waals surface area contributed by atoms with Crippen LogP contribution in [0.15, 0.2) is 17.3 Å². The van der Waals surface area contributed by atoms with Crippen LogP contribution in [-0.2, 0) is 4.79 Å². The van der Waals surface area contributed by atoms with Crippen LogP contribution >= 0.6 is 23.4 Å². The third kappa shape index (κ3) is 3.34. The zero-order valence-electron chi connectivity index (χ0n) is 8.81. The van der Waals surface area contributed by atoms with Crippen molar-refractivity contribution >= 4 is 40.5 Å². The summed E-state index contributed by atoms with van der Waals surface area (Å²) in [4.78, 5) is 21.7. The molecule has 2 aromatic heterocycles. The number of pyridine rings is 1. The van der Waals surface area contributed by atoms with E-state index in [1.165, 1.54) is 11.8 Å². The van der Waals surface area contributed by atoms with E-state index in [-0.39, 0.29) is 6.42 Å². The van der Waals surface area contributed by atoms with Crippen LogP contribution in [0.4, 0.5) is 0 Å². The van der Waals surface area contributed by atoms with E-state index in [0.29, 0.717) is 23.0 Å². The van der Waals surface area contributed by atoms with E-state index in [4.69, 9.17) is 16.7 Å². The Hall–Kier alpha value is -1.27. The number of carbonyl (C=O) groups is 1. The summed E-state index contributed by atoms with van der Waals surface area (Å²) >= 11 is 7.23. The summed E-state index contributed by atoms with van der Waals surface area (Å²) in [7, 11) is 0. The highest BCUT2D eigenvalue weighted by Crippen LogP contribution is 2.20. The largest absolute Gasteiger partial charge is 0.481 e. The van der Waals surface area contributed by atoms with Crippen LogP contribution in [0.5, 0.6) is 0 Å². The van der Waals surface area contributed by atoms with Gasteiger partial charge in [0.15, 0.2) is 10.8 Å². The van der Waals surface area contributed by atoms with Crippen LogP contribution in [0, 0.1) is 0 Å². The molecule has 2 N–H and O–H groups in total. The lowest BCUT2D eigenvalue weighted by Gasteiger charge is -1.94. The molecule has 0 unspecified atom stereocenters. The van der Waals surface area contributed by atoms with Crippen LogP contribution in [0.3, 0.4) is 0 Å². The normalized spacial score (nSPS) is 10.9. The minimum atomic E-state index is -0.774. The molecular formula is C10H10ClN3O2S. The molecule has 0 amide bonds. The summed E-state index contributed by atoms with van der Waals surface area (Å²) in [6.07, 6.45) is 0.794. The molecule has 0 radical (unpaired) electrons. The summed E-state index contributed by atoms with van der Waals surface area (Å²) in [6, 6.07) is 3.51. The molecule has 0 saturated carbocycles. The van der Waals surface area contributed by atoms with Gasteiger partial charge in [-0.1, -0.05) is 23.4 Å². The van der Waals surface area contributed by atoms with Crippen LogP contribution in [-0.4, -0.2) is 31.8 Å². The predicted octanol–water partition coefficient (Wildman–Crippen LogP) is 2.57. The third-order valence-corrected chi connectivity index (χ3v) is 3.23. The molecule has 17 heavy (non-hydrogen) atoms. The van der Waals surface area contributed by atoms with Crippen LogP contribution in [0.25, 0.3) is 11.2 Å². The maximum atomic E-state index is 10.3. The second kappa shape index (κ2) is 5.37. The van der Waals surface area contributed by atoms with Crippen LogP contribution in [0.1, 0.15) is 12.8 Å². The number of nitrogens with one attached hydrogen (secondary N) is 1. The van der Waals surface area contributed by atoms with E-state index in [1.54, 1.807) is 6.07 Å². The molecule has 7 heteroatoms. The average molecular weight is 272 g/mol. The summed E-state index contributed by atoms with van der Waals surface area (Å²) in [5, 5.41) is 9.64. The van der Waals surface area contributed by atoms with Gasteiger partial charge >= 0.3 is 5.97 Å². The first-order valence-corrected chi connectivity index (χ1v) is 6.38. The molecule has 0 aliphatic rings. The number of fused-ring (bicyclic) bond motifs is 1. The molecule has 0 aliphatic heterocycles. The highest BCUT2D eigenvalue weighted by molar-refractivity contribution is 7.99. The van der Waals surface area contributed by atoms with Gasteiger partial charge in [-0.15, -0.1) is 0 Å². The molecular weight excluding hydrogens is 262 g/mol. The number of halogens is 1. The highest BCUT2D eigenvalue weighted by atomic mass is 35.5. The molecule has 0 spiro atoms. The maximum absolute atomic E-state index is 10.3. The summed E-state index contributed by atoms with van der Waals surface area (Å²) < 4.78 is 0. The maximum Gasteiger partial charge on any atom is 0.303 e. The quantitative estimate of drug-likeness (QED) is 0.496. The number of thioether (sulfide) groups is 1. The van der Waals surface area contributed by atoms with Crippen molar-refractivity contribution in [3.63, 3.8) is 0 Å². The van der Waals surface area contributed by atoms with E-state index >= 15 is 0 Å². The second-order valence-corrected chi connectivity index (χ2v) is 4.86. The van der Waals surface area contributed by atoms with E-state index in [0.717, 1.165) is 10.7 Å². The zero-order valence-corrected chi connectivity index (χ0v) is 10.4. The van der Waals surface area contributed by atoms with E-state index < -0.39 is 5.97 Å². The van der Waals surface area contributed by atoms with Crippen molar-refractivity contribution in [1.29, 1.82) is 0 Å². The molecule has 0 atom stereocenters. The molecule has 0 aliphatic carbocycles. The van der Waals surface area contributed by atoms with Crippen molar-refractivity contribution in [2.24, 2.45) is 0 Å². The van der Waals surface area contributed by atoms with Gasteiger partial charge in [0.2, 0.25) is 0 Å². The van der Waals surface area contributed by atoms with E-state index in [9.17, 15) is 4.79 Å². The topological polar surface area (TPSA) is 78.9 Å². The Kier molecular flexibility index (Phi) is 3.86. The average Bonchev–Trinajstić information content (AvgIpc) is 2.66. The SMILES string of the molecule is O=C(O)CCCSc1nc2nc(Cl)ccc2[nH]1. The minimum Gasteiger partial charge on any atom is -0.481 e. The van der Waals surface area contributed by atoms with Gasteiger partial charge < -0.3 is 10.1 Å². The van der Waals surface area contributed by atoms with Crippen molar-refractivity contribution in [2.75, 3.05) is 5.75 Å². The number of nitrogens with zero attached hydrogens (tertiary/aromatic N) is 2. The first-order valence-electron chi connectivity index (χ1n) is 5.02. The predicted molar refractivity (Wildman–Crippen MR) is 66.5 cm³/mol. The lowest BCUT2D eigenvalue weighted by atomic mass is 10.3. The Balaban J connectivity index is 1.97. The van der Waals surface area contributed by atoms with Crippen LogP contribution in [0.2, 0.25) is 5.15 Å². The van der Waals surface area contributed by atoms with Gasteiger partial charge in [0.05, 0.1) is 5.52 Å². The first-order chi connectivity index (χ1) is 8.15. The Morgan fingerprint density at radius 2 is 2.29 bits per heavy atom. The molecule has 90 valence electrons. The summed E-state index contributed by atoms with van der Waals surface area (Å²) in [5.74, 6) is -0.0662. The number of aromatic amines is 1. The lowest BCUT2D eigenvalue weighted by Crippen LogP contribution is -1.94. The minimum absolute atomic E-state index is 0.178. The first kappa shape index (κ1) is 12.2. The summed E-state index contributed by atoms with van der Waals surface area (Å²) in [6.45, 7) is 0. The van der Waals surface area contributed by atoms with Gasteiger partial charge in [0.1, 0.15) is 5.15 Å². The molecule has 0 saturated heterocycles. The van der Waals surface area contributed by atoms with Crippen molar-refractivity contribution in [2.45, 2.75) is 18.0 Å². The molecule has 0 bridgehead atoms. The van der Waals surface area contributed by atoms with Gasteiger partial charge in [-0.3, -0.25) is 4.79 Å². The molecule has 2 aromatic rings. The van der Waals surface area contributed by atoms with Crippen molar-refractivity contribution < 1.29 is 9.90 Å². The van der Waals surface area contributed by atoms with Crippen molar-refractivity contribution in [3.8, 4) is 0 Å². The van der Waals surface area contributed by atoms with Gasteiger partial charge in [-0.25, -0.2) is 9.97 Å². The van der Waals surface area contributed by atoms with Crippen molar-refractivity contribution in [3.05, 3.63) is 17.3 Å². The Morgan fingerprint density at radius 1 is 1.47 bits per heavy atom. The summed E-state index contributed by atoms with van der Waals surface area (Å²) in [5.41, 5.74) is 1.41. The Bertz CT molecular complexity index is 543. The van der Waals surface area contributed by atoms with E-state index in [1.807, 2.05) is 6.07 Å². The highest BCUT2D eigenvalue weighted by Gasteiger charge is 2.05. The fraction of sp³-hybridized carbons (Fsp3) is 0.300. The number of carboxylic acid groups (broad SMARTS) is 1. The van der Waals surface area contributed by atoms with Crippen molar-refractivity contribution in [1.82, 2.24) is 15.0 Å². The second-order valence-electron chi connectivity index (χ2n) is 3.39. The van der Waals surface area contributed by atoms with Crippen LogP contribution < -0.4 is 0 Å². The number of aliphatic carboxylic acids is 1. The number of aromatic nitrogens is 3. The number of hydrogen-bond donors (Lipinski definition) is 2. The fourth-order valence-electron chi connectivity index (χ4n) is 1.31. The van der Waals surface area contributed by atoms with Gasteiger partial charge in [0.25, 0.3) is 0 Å². The van der Waals surface area contributed by atoms with Gasteiger partial charge in [-0.05, 0) is 18.6 Å². The van der Waals surface area contributed by atoms with Gasteiger partial charge in [-0.2, -0.15) is 0 Å². The third-order valence-electron chi connectivity index (χ3n) is 2.06. The molecule has 2 heterocycles. The molecule has 0 aromatic carbocycles. The Morgan fingerprint density at radius 3 is 3.06 bits per heavy atom. The monoisotopic (exact) mass is 271 g/mol. The number of H-pyrrole nitrogens is 1. The molecule has 0 fully saturated rings. The number of carboxylic acids is 1. The van der Waals surface area contributed by atoms with E-state index in [2.05, 4.69) is 15.0 Å². The number of rotatable bonds is 5. The molecule has 2 rings (SSSR count).